The van der Waals surface area contributed by atoms with Gasteiger partial charge in [-0.3, -0.25) is 4.68 Å². The number of hydrogen-bond donors (Lipinski definition) is 0. The summed E-state index contributed by atoms with van der Waals surface area (Å²) in [5.41, 5.74) is 2.19. The van der Waals surface area contributed by atoms with Gasteiger partial charge in [-0.25, -0.2) is 0 Å². The molecule has 0 aliphatic heterocycles. The Hall–Kier alpha value is -0.870. The summed E-state index contributed by atoms with van der Waals surface area (Å²) in [6, 6.07) is 8.23. The van der Waals surface area contributed by atoms with Crippen molar-refractivity contribution in [2.75, 3.05) is 5.88 Å². The highest BCUT2D eigenvalue weighted by atomic mass is 79.9. The molecule has 1 atom stereocenters. The summed E-state index contributed by atoms with van der Waals surface area (Å²) in [6.45, 7) is 0. The lowest BCUT2D eigenvalue weighted by Gasteiger charge is -2.12. The van der Waals surface area contributed by atoms with Crippen molar-refractivity contribution in [3.05, 3.63) is 46.2 Å². The average molecular weight is 315 g/mol. The summed E-state index contributed by atoms with van der Waals surface area (Å²) < 4.78 is 2.78. The number of benzene rings is 1. The predicted octanol–water partition coefficient (Wildman–Crippen LogP) is 3.14. The van der Waals surface area contributed by atoms with Crippen LogP contribution in [0.1, 0.15) is 17.2 Å². The molecule has 0 aliphatic carbocycles. The average Bonchev–Trinajstić information content (AvgIpc) is 2.72. The number of alkyl halides is 1. The lowest BCUT2D eigenvalue weighted by Crippen LogP contribution is -2.05. The lowest BCUT2D eigenvalue weighted by atomic mass is 9.96. The van der Waals surface area contributed by atoms with Crippen LogP contribution in [0, 0.1) is 0 Å². The van der Waals surface area contributed by atoms with Crippen molar-refractivity contribution in [3.63, 3.8) is 0 Å². The minimum Gasteiger partial charge on any atom is -0.255 e. The highest BCUT2D eigenvalue weighted by Gasteiger charge is 2.13. The number of aryl methyl sites for hydroxylation is 1. The van der Waals surface area contributed by atoms with Crippen LogP contribution >= 0.6 is 27.5 Å². The molecule has 0 bridgehead atoms. The molecule has 5 heteroatoms. The standard InChI is InChI=1S/C12H13BrClN3/c1-17-8-12(15-16-17)6-10(7-14)9-3-2-4-11(13)5-9/h2-5,8,10H,6-7H2,1H3. The van der Waals surface area contributed by atoms with Gasteiger partial charge in [-0.1, -0.05) is 33.3 Å². The zero-order valence-electron chi connectivity index (χ0n) is 9.48. The summed E-state index contributed by atoms with van der Waals surface area (Å²) in [4.78, 5) is 0. The monoisotopic (exact) mass is 313 g/mol. The van der Waals surface area contributed by atoms with E-state index in [9.17, 15) is 0 Å². The minimum absolute atomic E-state index is 0.269. The Labute approximate surface area is 114 Å². The molecule has 2 rings (SSSR count). The first-order chi connectivity index (χ1) is 8.19. The lowest BCUT2D eigenvalue weighted by molar-refractivity contribution is 0.707. The van der Waals surface area contributed by atoms with Crippen molar-refractivity contribution in [2.24, 2.45) is 7.05 Å². The van der Waals surface area contributed by atoms with Gasteiger partial charge in [0.05, 0.1) is 5.69 Å². The number of halogens is 2. The van der Waals surface area contributed by atoms with Crippen LogP contribution in [0.25, 0.3) is 0 Å². The minimum atomic E-state index is 0.269. The fourth-order valence-corrected chi connectivity index (χ4v) is 2.47. The van der Waals surface area contributed by atoms with Gasteiger partial charge >= 0.3 is 0 Å². The molecule has 0 radical (unpaired) electrons. The second-order valence-electron chi connectivity index (χ2n) is 3.99. The smallest absolute Gasteiger partial charge is 0.0833 e. The summed E-state index contributed by atoms with van der Waals surface area (Å²) in [7, 11) is 1.87. The Kier molecular flexibility index (Phi) is 4.18. The molecule has 2 aromatic rings. The van der Waals surface area contributed by atoms with Crippen LogP contribution in [-0.2, 0) is 13.5 Å². The van der Waals surface area contributed by atoms with E-state index in [0.717, 1.165) is 16.6 Å². The SMILES string of the molecule is Cn1cc(CC(CCl)c2cccc(Br)c2)nn1. The zero-order chi connectivity index (χ0) is 12.3. The molecule has 0 fully saturated rings. The molecule has 1 heterocycles. The molecule has 1 unspecified atom stereocenters. The van der Waals surface area contributed by atoms with Crippen molar-refractivity contribution < 1.29 is 0 Å². The highest BCUT2D eigenvalue weighted by molar-refractivity contribution is 9.10. The molecule has 3 nitrogen and oxygen atoms in total. The van der Waals surface area contributed by atoms with Gasteiger partial charge in [0.1, 0.15) is 0 Å². The van der Waals surface area contributed by atoms with Crippen LogP contribution in [0.5, 0.6) is 0 Å². The van der Waals surface area contributed by atoms with Gasteiger partial charge in [-0.05, 0) is 17.7 Å². The maximum Gasteiger partial charge on any atom is 0.0833 e. The second-order valence-corrected chi connectivity index (χ2v) is 5.22. The Morgan fingerprint density at radius 2 is 2.29 bits per heavy atom. The third kappa shape index (κ3) is 3.30. The molecule has 1 aromatic heterocycles. The normalized spacial score (nSPS) is 12.6. The third-order valence-electron chi connectivity index (χ3n) is 2.61. The number of rotatable bonds is 4. The van der Waals surface area contributed by atoms with E-state index in [2.05, 4.69) is 38.4 Å². The van der Waals surface area contributed by atoms with Crippen molar-refractivity contribution in [3.8, 4) is 0 Å². The molecular weight excluding hydrogens is 302 g/mol. The first-order valence-corrected chi connectivity index (χ1v) is 6.68. The summed E-state index contributed by atoms with van der Waals surface area (Å²) >= 11 is 9.51. The largest absolute Gasteiger partial charge is 0.255 e. The fraction of sp³-hybridized carbons (Fsp3) is 0.333. The topological polar surface area (TPSA) is 30.7 Å². The molecule has 17 heavy (non-hydrogen) atoms. The number of nitrogens with zero attached hydrogens (tertiary/aromatic N) is 3. The van der Waals surface area contributed by atoms with Gasteiger partial charge in [-0.2, -0.15) is 0 Å². The third-order valence-corrected chi connectivity index (χ3v) is 3.48. The molecule has 0 N–H and O–H groups in total. The van der Waals surface area contributed by atoms with Gasteiger partial charge in [-0.15, -0.1) is 16.7 Å². The first kappa shape index (κ1) is 12.6. The predicted molar refractivity (Wildman–Crippen MR) is 72.3 cm³/mol. The van der Waals surface area contributed by atoms with Crippen LogP contribution in [0.2, 0.25) is 0 Å². The van der Waals surface area contributed by atoms with E-state index in [0.29, 0.717) is 5.88 Å². The molecule has 0 saturated carbocycles. The Morgan fingerprint density at radius 3 is 2.88 bits per heavy atom. The fourth-order valence-electron chi connectivity index (χ4n) is 1.76. The first-order valence-electron chi connectivity index (χ1n) is 5.35. The molecule has 0 aliphatic rings. The van der Waals surface area contributed by atoms with Gasteiger partial charge in [0.25, 0.3) is 0 Å². The van der Waals surface area contributed by atoms with Crippen LogP contribution in [0.3, 0.4) is 0 Å². The summed E-state index contributed by atoms with van der Waals surface area (Å²) in [5.74, 6) is 0.846. The van der Waals surface area contributed by atoms with Crippen LogP contribution in [-0.4, -0.2) is 20.9 Å². The van der Waals surface area contributed by atoms with Crippen molar-refractivity contribution in [2.45, 2.75) is 12.3 Å². The second kappa shape index (κ2) is 5.65. The van der Waals surface area contributed by atoms with Crippen LogP contribution in [0.4, 0.5) is 0 Å². The maximum atomic E-state index is 6.04. The van der Waals surface area contributed by atoms with E-state index >= 15 is 0 Å². The Balaban J connectivity index is 2.16. The molecule has 1 aromatic carbocycles. The summed E-state index contributed by atoms with van der Waals surface area (Å²) in [6.07, 6.45) is 2.74. The molecule has 0 amide bonds. The van der Waals surface area contributed by atoms with Gasteiger partial charge < -0.3 is 0 Å². The zero-order valence-corrected chi connectivity index (χ0v) is 11.8. The summed E-state index contributed by atoms with van der Waals surface area (Å²) in [5, 5.41) is 8.02. The van der Waals surface area contributed by atoms with Crippen LogP contribution < -0.4 is 0 Å². The van der Waals surface area contributed by atoms with E-state index in [4.69, 9.17) is 11.6 Å². The van der Waals surface area contributed by atoms with Gasteiger partial charge in [0.15, 0.2) is 0 Å². The van der Waals surface area contributed by atoms with Crippen molar-refractivity contribution in [1.29, 1.82) is 0 Å². The highest BCUT2D eigenvalue weighted by Crippen LogP contribution is 2.24. The van der Waals surface area contributed by atoms with Gasteiger partial charge in [0.2, 0.25) is 0 Å². The van der Waals surface area contributed by atoms with E-state index < -0.39 is 0 Å². The quantitative estimate of drug-likeness (QED) is 0.812. The van der Waals surface area contributed by atoms with Crippen molar-refractivity contribution >= 4 is 27.5 Å². The van der Waals surface area contributed by atoms with E-state index in [1.807, 2.05) is 25.4 Å². The Bertz CT molecular complexity index is 498. The molecule has 0 saturated heterocycles. The van der Waals surface area contributed by atoms with Gasteiger partial charge in [0, 0.05) is 35.9 Å². The van der Waals surface area contributed by atoms with Crippen LogP contribution in [0.15, 0.2) is 34.9 Å². The van der Waals surface area contributed by atoms with E-state index in [-0.39, 0.29) is 5.92 Å². The van der Waals surface area contributed by atoms with Crippen molar-refractivity contribution in [1.82, 2.24) is 15.0 Å². The maximum absolute atomic E-state index is 6.04. The number of aromatic nitrogens is 3. The molecule has 0 spiro atoms. The molecule has 90 valence electrons. The Morgan fingerprint density at radius 1 is 1.47 bits per heavy atom. The number of hydrogen-bond acceptors (Lipinski definition) is 2. The molecular formula is C12H13BrClN3. The van der Waals surface area contributed by atoms with E-state index in [1.165, 1.54) is 5.56 Å². The van der Waals surface area contributed by atoms with E-state index in [1.54, 1.807) is 4.68 Å².